The number of hydrogen-bond donors (Lipinski definition) is 0. The molecule has 0 heterocycles. The van der Waals surface area contributed by atoms with E-state index in [0.717, 1.165) is 5.92 Å². The zero-order valence-electron chi connectivity index (χ0n) is 5.48. The Kier molecular flexibility index (Phi) is 0.774. The van der Waals surface area contributed by atoms with E-state index < -0.39 is 0 Å². The van der Waals surface area contributed by atoms with Gasteiger partial charge in [0, 0.05) is 0 Å². The Morgan fingerprint density at radius 1 is 1.44 bits per heavy atom. The molecule has 1 atom stereocenters. The van der Waals surface area contributed by atoms with Crippen LogP contribution >= 0.6 is 0 Å². The van der Waals surface area contributed by atoms with Gasteiger partial charge < -0.3 is 0 Å². The van der Waals surface area contributed by atoms with Gasteiger partial charge in [-0.2, -0.15) is 0 Å². The average Bonchev–Trinajstić information content (AvgIpc) is 2.37. The molecule has 0 aromatic heterocycles. The van der Waals surface area contributed by atoms with Crippen LogP contribution in [-0.2, 0) is 0 Å². The minimum Gasteiger partial charge on any atom is -0.0949 e. The highest BCUT2D eigenvalue weighted by Crippen LogP contribution is 2.45. The lowest BCUT2D eigenvalue weighted by atomic mass is 9.98. The van der Waals surface area contributed by atoms with Gasteiger partial charge in [-0.3, -0.25) is 0 Å². The molecule has 1 unspecified atom stereocenters. The zero-order valence-corrected chi connectivity index (χ0v) is 5.48. The average molecular weight is 118 g/mol. The van der Waals surface area contributed by atoms with Gasteiger partial charge in [0.15, 0.2) is 0 Å². The second-order valence-corrected chi connectivity index (χ2v) is 2.87. The number of rotatable bonds is 0. The Bertz CT molecular complexity index is 218. The van der Waals surface area contributed by atoms with Crippen molar-refractivity contribution in [2.45, 2.75) is 12.8 Å². The summed E-state index contributed by atoms with van der Waals surface area (Å²) >= 11 is 0. The molecule has 9 heavy (non-hydrogen) atoms. The summed E-state index contributed by atoms with van der Waals surface area (Å²) in [6.45, 7) is 7.93. The molecule has 2 bridgehead atoms. The summed E-state index contributed by atoms with van der Waals surface area (Å²) in [7, 11) is 0. The summed E-state index contributed by atoms with van der Waals surface area (Å²) in [6.07, 6.45) is 4.73. The molecule has 0 nitrogen and oxygen atoms in total. The molecule has 0 saturated heterocycles. The molecule has 0 spiro atoms. The molecule has 0 aromatic rings. The Labute approximate surface area is 55.6 Å². The molecule has 1 saturated carbocycles. The number of fused-ring (bicyclic) bond motifs is 2. The first-order chi connectivity index (χ1) is 4.29. The van der Waals surface area contributed by atoms with E-state index in [1.54, 1.807) is 0 Å². The molecule has 0 aliphatic heterocycles. The molecule has 2 aliphatic carbocycles. The lowest BCUT2D eigenvalue weighted by molar-refractivity contribution is 0.708. The second-order valence-electron chi connectivity index (χ2n) is 2.87. The van der Waals surface area contributed by atoms with Crippen LogP contribution in [0.3, 0.4) is 0 Å². The monoisotopic (exact) mass is 118 g/mol. The van der Waals surface area contributed by atoms with Crippen molar-refractivity contribution in [3.05, 3.63) is 36.0 Å². The molecule has 2 rings (SSSR count). The maximum absolute atomic E-state index is 3.98. The maximum atomic E-state index is 3.98. The molecular weight excluding hydrogens is 108 g/mol. The van der Waals surface area contributed by atoms with Gasteiger partial charge in [-0.1, -0.05) is 19.2 Å². The fraction of sp³-hybridized carbons (Fsp3) is 0.333. The molecule has 0 radical (unpaired) electrons. The topological polar surface area (TPSA) is 0 Å². The normalized spacial score (nSPS) is 31.6. The van der Waals surface area contributed by atoms with Gasteiger partial charge in [-0.25, -0.2) is 0 Å². The Hall–Kier alpha value is -0.780. The van der Waals surface area contributed by atoms with E-state index in [2.05, 4.69) is 19.2 Å². The highest BCUT2D eigenvalue weighted by molar-refractivity contribution is 5.54. The second kappa shape index (κ2) is 1.38. The van der Waals surface area contributed by atoms with Gasteiger partial charge in [0.2, 0.25) is 0 Å². The Morgan fingerprint density at radius 2 is 2.22 bits per heavy atom. The predicted octanol–water partition coefficient (Wildman–Crippen LogP) is 2.45. The molecule has 0 aromatic carbocycles. The molecule has 46 valence electrons. The van der Waals surface area contributed by atoms with E-state index in [9.17, 15) is 0 Å². The van der Waals surface area contributed by atoms with Gasteiger partial charge in [0.1, 0.15) is 0 Å². The number of hydrogen-bond acceptors (Lipinski definition) is 0. The maximum Gasteiger partial charge on any atom is -0.00867 e. The lowest BCUT2D eigenvalue weighted by Gasteiger charge is -2.07. The van der Waals surface area contributed by atoms with E-state index in [1.807, 2.05) is 0 Å². The van der Waals surface area contributed by atoms with E-state index in [4.69, 9.17) is 0 Å². The third kappa shape index (κ3) is 0.481. The van der Waals surface area contributed by atoms with Crippen molar-refractivity contribution < 1.29 is 0 Å². The van der Waals surface area contributed by atoms with Gasteiger partial charge in [-0.15, -0.1) is 0 Å². The summed E-state index contributed by atoms with van der Waals surface area (Å²) in [5.74, 6) is 0.729. The smallest absolute Gasteiger partial charge is 0.00867 e. The van der Waals surface area contributed by atoms with Gasteiger partial charge in [0.05, 0.1) is 0 Å². The third-order valence-electron chi connectivity index (χ3n) is 2.38. The molecule has 1 fully saturated rings. The van der Waals surface area contributed by atoms with Crippen LogP contribution in [0.5, 0.6) is 0 Å². The molecule has 0 N–H and O–H groups in total. The van der Waals surface area contributed by atoms with Crippen molar-refractivity contribution in [2.75, 3.05) is 0 Å². The van der Waals surface area contributed by atoms with Crippen LogP contribution < -0.4 is 0 Å². The first kappa shape index (κ1) is 5.04. The van der Waals surface area contributed by atoms with Crippen LogP contribution in [0.1, 0.15) is 12.8 Å². The zero-order chi connectivity index (χ0) is 6.43. The lowest BCUT2D eigenvalue weighted by Crippen LogP contribution is -1.92. The quantitative estimate of drug-likeness (QED) is 0.458. The molecule has 0 heteroatoms. The first-order valence-corrected chi connectivity index (χ1v) is 3.36. The summed E-state index contributed by atoms with van der Waals surface area (Å²) in [5.41, 5.74) is 3.95. The van der Waals surface area contributed by atoms with Crippen LogP contribution in [0.2, 0.25) is 0 Å². The molecular formula is C9H10. The SMILES string of the molecule is C=C1C(=C)C2CC=C1C2. The third-order valence-corrected chi connectivity index (χ3v) is 2.38. The molecule has 2 aliphatic rings. The number of allylic oxidation sites excluding steroid dienone is 4. The van der Waals surface area contributed by atoms with Crippen LogP contribution in [0.4, 0.5) is 0 Å². The van der Waals surface area contributed by atoms with E-state index in [1.165, 1.54) is 29.6 Å². The summed E-state index contributed by atoms with van der Waals surface area (Å²) in [4.78, 5) is 0. The van der Waals surface area contributed by atoms with Crippen molar-refractivity contribution in [3.63, 3.8) is 0 Å². The Morgan fingerprint density at radius 3 is 2.56 bits per heavy atom. The highest BCUT2D eigenvalue weighted by atomic mass is 14.3. The van der Waals surface area contributed by atoms with Crippen molar-refractivity contribution in [3.8, 4) is 0 Å². The van der Waals surface area contributed by atoms with Crippen molar-refractivity contribution in [2.24, 2.45) is 5.92 Å². The summed E-state index contributed by atoms with van der Waals surface area (Å²) in [5, 5.41) is 0. The highest BCUT2D eigenvalue weighted by Gasteiger charge is 2.30. The minimum atomic E-state index is 0.729. The van der Waals surface area contributed by atoms with Crippen LogP contribution in [-0.4, -0.2) is 0 Å². The first-order valence-electron chi connectivity index (χ1n) is 3.36. The van der Waals surface area contributed by atoms with Crippen LogP contribution in [0, 0.1) is 5.92 Å². The summed E-state index contributed by atoms with van der Waals surface area (Å²) < 4.78 is 0. The van der Waals surface area contributed by atoms with E-state index >= 15 is 0 Å². The predicted molar refractivity (Wildman–Crippen MR) is 39.1 cm³/mol. The van der Waals surface area contributed by atoms with Crippen LogP contribution in [0.15, 0.2) is 36.0 Å². The Balaban J connectivity index is 2.51. The largest absolute Gasteiger partial charge is 0.0949 e. The van der Waals surface area contributed by atoms with Gasteiger partial charge >= 0.3 is 0 Å². The van der Waals surface area contributed by atoms with Crippen LogP contribution in [0.25, 0.3) is 0 Å². The fourth-order valence-corrected chi connectivity index (χ4v) is 1.68. The van der Waals surface area contributed by atoms with Gasteiger partial charge in [0.25, 0.3) is 0 Å². The van der Waals surface area contributed by atoms with E-state index in [0.29, 0.717) is 0 Å². The van der Waals surface area contributed by atoms with E-state index in [-0.39, 0.29) is 0 Å². The fourth-order valence-electron chi connectivity index (χ4n) is 1.68. The molecule has 0 amide bonds. The summed E-state index contributed by atoms with van der Waals surface area (Å²) in [6, 6.07) is 0. The van der Waals surface area contributed by atoms with Crippen molar-refractivity contribution >= 4 is 0 Å². The minimum absolute atomic E-state index is 0.729. The standard InChI is InChI=1S/C9H10/c1-6-7(2)9-4-3-8(6)5-9/h3,9H,1-2,4-5H2. The van der Waals surface area contributed by atoms with Crippen molar-refractivity contribution in [1.29, 1.82) is 0 Å². The van der Waals surface area contributed by atoms with Crippen molar-refractivity contribution in [1.82, 2.24) is 0 Å². The van der Waals surface area contributed by atoms with Gasteiger partial charge in [-0.05, 0) is 35.5 Å².